The molecule has 130 valence electrons. The van der Waals surface area contributed by atoms with Gasteiger partial charge < -0.3 is 9.63 Å². The summed E-state index contributed by atoms with van der Waals surface area (Å²) < 4.78 is 19.9. The third-order valence-corrected chi connectivity index (χ3v) is 9.93. The molecule has 2 nitrogen and oxygen atoms in total. The van der Waals surface area contributed by atoms with E-state index in [4.69, 9.17) is 0 Å². The van der Waals surface area contributed by atoms with E-state index in [1.807, 2.05) is 48.5 Å². The molecule has 0 spiro atoms. The lowest BCUT2D eigenvalue weighted by Gasteiger charge is -2.35. The zero-order valence-corrected chi connectivity index (χ0v) is 17.6. The van der Waals surface area contributed by atoms with Crippen molar-refractivity contribution in [1.29, 1.82) is 0 Å². The summed E-state index contributed by atoms with van der Waals surface area (Å²) in [4.78, 5) is 3.24. The second-order valence-electron chi connectivity index (χ2n) is 8.32. The van der Waals surface area contributed by atoms with Crippen LogP contribution in [0.5, 0.6) is 0 Å². The van der Waals surface area contributed by atoms with E-state index in [1.54, 1.807) is 0 Å². The summed E-state index contributed by atoms with van der Waals surface area (Å²) in [6, 6.07) is 17.6. The Morgan fingerprint density at radius 3 is 1.92 bits per heavy atom. The highest BCUT2D eigenvalue weighted by atomic mass is 28.4. The predicted molar refractivity (Wildman–Crippen MR) is 108 cm³/mol. The van der Waals surface area contributed by atoms with Crippen LogP contribution in [0.25, 0.3) is 0 Å². The summed E-state index contributed by atoms with van der Waals surface area (Å²) in [5, 5.41) is 0.795. The largest absolute Gasteiger partial charge is 0.453 e. The van der Waals surface area contributed by atoms with Crippen molar-refractivity contribution < 1.29 is 4.11 Å². The average molecular weight is 361 g/mol. The van der Waals surface area contributed by atoms with Crippen LogP contribution < -0.4 is 14.8 Å². The highest BCUT2D eigenvalue weighted by molar-refractivity contribution is 6.97. The molecule has 1 atom stereocenters. The van der Waals surface area contributed by atoms with Crippen molar-refractivity contribution in [2.75, 3.05) is 4.98 Å². The maximum absolute atomic E-state index is 16.4. The molecular formula is C19H29FN2Si2. The van der Waals surface area contributed by atoms with E-state index in [-0.39, 0.29) is 5.41 Å². The molecule has 24 heavy (non-hydrogen) atoms. The lowest BCUT2D eigenvalue weighted by molar-refractivity contribution is 0.592. The first kappa shape index (κ1) is 18.9. The Hall–Kier alpha value is -1.44. The lowest BCUT2D eigenvalue weighted by atomic mass is 9.87. The van der Waals surface area contributed by atoms with Crippen molar-refractivity contribution in [3.8, 4) is 0 Å². The average Bonchev–Trinajstić information content (AvgIpc) is 2.45. The van der Waals surface area contributed by atoms with Gasteiger partial charge in [0.05, 0.1) is 0 Å². The highest BCUT2D eigenvalue weighted by Crippen LogP contribution is 2.24. The quantitative estimate of drug-likeness (QED) is 0.600. The second-order valence-corrected chi connectivity index (χ2v) is 15.9. The first-order valence-electron chi connectivity index (χ1n) is 8.43. The zero-order valence-electron chi connectivity index (χ0n) is 15.6. The fourth-order valence-corrected chi connectivity index (χ4v) is 9.62. The molecule has 0 bridgehead atoms. The van der Waals surface area contributed by atoms with Crippen molar-refractivity contribution in [3.05, 3.63) is 60.2 Å². The first-order valence-corrected chi connectivity index (χ1v) is 13.8. The molecule has 0 heterocycles. The Kier molecular flexibility index (Phi) is 5.37. The molecule has 0 radical (unpaired) electrons. The van der Waals surface area contributed by atoms with E-state index in [2.05, 4.69) is 56.1 Å². The summed E-state index contributed by atoms with van der Waals surface area (Å²) in [6.07, 6.45) is 0. The smallest absolute Gasteiger partial charge is 0.371 e. The monoisotopic (exact) mass is 360 g/mol. The van der Waals surface area contributed by atoms with Gasteiger partial charge in [-0.05, 0) is 23.1 Å². The standard InChI is InChI=1S/C19H29FN2Si2/c1-19(2,3)17-14-10-11-15-18(17)24(20,22-23(4,5)6)21-16-12-8-7-9-13-16/h7-15,21-22H,1-6H3. The van der Waals surface area contributed by atoms with Crippen LogP contribution >= 0.6 is 0 Å². The molecule has 2 N–H and O–H groups in total. The summed E-state index contributed by atoms with van der Waals surface area (Å²) >= 11 is 0. The Balaban J connectivity index is 2.55. The molecule has 2 aromatic rings. The SMILES string of the molecule is CC(C)(C)c1ccccc1[Si](F)(Nc1ccccc1)N[Si](C)(C)C. The molecule has 2 aromatic carbocycles. The molecule has 0 aliphatic heterocycles. The first-order chi connectivity index (χ1) is 11.0. The van der Waals surface area contributed by atoms with E-state index in [0.29, 0.717) is 0 Å². The van der Waals surface area contributed by atoms with Gasteiger partial charge in [0.1, 0.15) is 8.24 Å². The van der Waals surface area contributed by atoms with Gasteiger partial charge >= 0.3 is 8.73 Å². The minimum atomic E-state index is -3.59. The van der Waals surface area contributed by atoms with Gasteiger partial charge in [0.25, 0.3) is 0 Å². The molecule has 0 aliphatic rings. The predicted octanol–water partition coefficient (Wildman–Crippen LogP) is 4.64. The van der Waals surface area contributed by atoms with Gasteiger partial charge in [-0.2, -0.15) is 0 Å². The van der Waals surface area contributed by atoms with E-state index < -0.39 is 17.0 Å². The van der Waals surface area contributed by atoms with Crippen molar-refractivity contribution in [2.45, 2.75) is 45.8 Å². The molecule has 0 saturated carbocycles. The van der Waals surface area contributed by atoms with Gasteiger partial charge in [0.2, 0.25) is 0 Å². The minimum Gasteiger partial charge on any atom is -0.371 e. The van der Waals surface area contributed by atoms with Crippen LogP contribution in [0.15, 0.2) is 54.6 Å². The van der Waals surface area contributed by atoms with Crippen LogP contribution in [-0.2, 0) is 5.41 Å². The van der Waals surface area contributed by atoms with Gasteiger partial charge in [-0.1, -0.05) is 82.9 Å². The van der Waals surface area contributed by atoms with Crippen LogP contribution in [0.1, 0.15) is 26.3 Å². The number of benzene rings is 2. The number of halogens is 1. The number of hydrogen-bond donors (Lipinski definition) is 2. The van der Waals surface area contributed by atoms with Crippen LogP contribution in [0.3, 0.4) is 0 Å². The molecule has 0 aromatic heterocycles. The molecule has 0 amide bonds. The normalized spacial score (nSPS) is 15.0. The summed E-state index contributed by atoms with van der Waals surface area (Å²) in [7, 11) is -5.43. The van der Waals surface area contributed by atoms with E-state index >= 15 is 4.11 Å². The van der Waals surface area contributed by atoms with Gasteiger partial charge in [0.15, 0.2) is 0 Å². The molecule has 5 heteroatoms. The van der Waals surface area contributed by atoms with Gasteiger partial charge in [-0.15, -0.1) is 0 Å². The van der Waals surface area contributed by atoms with Crippen molar-refractivity contribution in [1.82, 2.24) is 4.65 Å². The lowest BCUT2D eigenvalue weighted by Crippen LogP contribution is -2.71. The Labute approximate surface area is 147 Å². The summed E-state index contributed by atoms with van der Waals surface area (Å²) in [6.45, 7) is 12.8. The van der Waals surface area contributed by atoms with Crippen molar-refractivity contribution in [2.24, 2.45) is 0 Å². The topological polar surface area (TPSA) is 24.1 Å². The highest BCUT2D eigenvalue weighted by Gasteiger charge is 2.44. The maximum Gasteiger partial charge on any atom is 0.453 e. The van der Waals surface area contributed by atoms with Crippen molar-refractivity contribution in [3.63, 3.8) is 0 Å². The van der Waals surface area contributed by atoms with E-state index in [9.17, 15) is 0 Å². The minimum absolute atomic E-state index is 0.111. The van der Waals surface area contributed by atoms with Gasteiger partial charge in [0, 0.05) is 10.9 Å². The number of nitrogens with one attached hydrogen (secondary N) is 2. The van der Waals surface area contributed by atoms with Crippen LogP contribution in [-0.4, -0.2) is 17.0 Å². The molecule has 0 fully saturated rings. The van der Waals surface area contributed by atoms with E-state index in [0.717, 1.165) is 16.4 Å². The third kappa shape index (κ3) is 4.78. The summed E-state index contributed by atoms with van der Waals surface area (Å²) in [5.74, 6) is 0. The second kappa shape index (κ2) is 6.82. The molecule has 0 saturated heterocycles. The van der Waals surface area contributed by atoms with Crippen LogP contribution in [0, 0.1) is 0 Å². The maximum atomic E-state index is 16.4. The van der Waals surface area contributed by atoms with Crippen molar-refractivity contribution >= 4 is 27.8 Å². The number of hydrogen-bond acceptors (Lipinski definition) is 2. The Morgan fingerprint density at radius 2 is 1.38 bits per heavy atom. The van der Waals surface area contributed by atoms with Crippen LogP contribution in [0.2, 0.25) is 19.6 Å². The molecular weight excluding hydrogens is 331 g/mol. The fraction of sp³-hybridized carbons (Fsp3) is 0.368. The zero-order chi connectivity index (χ0) is 18.0. The number of rotatable bonds is 5. The van der Waals surface area contributed by atoms with Gasteiger partial charge in [-0.3, -0.25) is 4.11 Å². The van der Waals surface area contributed by atoms with Crippen LogP contribution in [0.4, 0.5) is 9.80 Å². The molecule has 2 rings (SSSR count). The number of anilines is 1. The molecule has 1 unspecified atom stereocenters. The van der Waals surface area contributed by atoms with E-state index in [1.165, 1.54) is 0 Å². The Bertz CT molecular complexity index is 678. The number of para-hydroxylation sites is 1. The Morgan fingerprint density at radius 1 is 0.833 bits per heavy atom. The fourth-order valence-electron chi connectivity index (χ4n) is 2.84. The molecule has 0 aliphatic carbocycles. The summed E-state index contributed by atoms with van der Waals surface area (Å²) in [5.41, 5.74) is 1.77. The third-order valence-electron chi connectivity index (χ3n) is 3.74. The van der Waals surface area contributed by atoms with Gasteiger partial charge in [-0.25, -0.2) is 0 Å².